The predicted octanol–water partition coefficient (Wildman–Crippen LogP) is 3.51. The van der Waals surface area contributed by atoms with Crippen LogP contribution in [0.2, 0.25) is 5.02 Å². The van der Waals surface area contributed by atoms with E-state index >= 15 is 0 Å². The van der Waals surface area contributed by atoms with Gasteiger partial charge in [0.1, 0.15) is 0 Å². The summed E-state index contributed by atoms with van der Waals surface area (Å²) in [5.74, 6) is -0.306. The molecule has 1 N–H and O–H groups in total. The summed E-state index contributed by atoms with van der Waals surface area (Å²) >= 11 is 10.5. The number of halogens is 2. The normalized spacial score (nSPS) is 10.3. The van der Waals surface area contributed by atoms with Crippen LogP contribution in [0.3, 0.4) is 0 Å². The van der Waals surface area contributed by atoms with Crippen molar-refractivity contribution in [1.82, 2.24) is 9.59 Å². The van der Waals surface area contributed by atoms with Crippen molar-refractivity contribution in [2.45, 2.75) is 6.92 Å². The van der Waals surface area contributed by atoms with Crippen LogP contribution in [0, 0.1) is 6.92 Å². The average molecular weight is 333 g/mol. The molecular formula is C10H7BrClN3OS. The molecule has 0 bridgehead atoms. The number of nitrogens with zero attached hydrogens (tertiary/aromatic N) is 2. The molecular weight excluding hydrogens is 326 g/mol. The van der Waals surface area contributed by atoms with Crippen LogP contribution in [0.15, 0.2) is 22.0 Å². The maximum absolute atomic E-state index is 11.8. The number of benzene rings is 1. The quantitative estimate of drug-likeness (QED) is 0.915. The van der Waals surface area contributed by atoms with Crippen molar-refractivity contribution in [2.75, 3.05) is 5.32 Å². The molecule has 0 saturated carbocycles. The molecule has 1 amide bonds. The number of anilines is 1. The van der Waals surface area contributed by atoms with E-state index in [0.29, 0.717) is 16.4 Å². The zero-order valence-corrected chi connectivity index (χ0v) is 11.9. The molecule has 1 aromatic carbocycles. The van der Waals surface area contributed by atoms with E-state index in [1.165, 1.54) is 0 Å². The van der Waals surface area contributed by atoms with Crippen molar-refractivity contribution in [3.8, 4) is 0 Å². The van der Waals surface area contributed by atoms with Crippen molar-refractivity contribution in [2.24, 2.45) is 0 Å². The fraction of sp³-hybridized carbons (Fsp3) is 0.100. The van der Waals surface area contributed by atoms with E-state index in [0.717, 1.165) is 21.6 Å². The summed E-state index contributed by atoms with van der Waals surface area (Å²) in [6.07, 6.45) is 0. The number of aromatic nitrogens is 2. The Morgan fingerprint density at radius 3 is 2.94 bits per heavy atom. The Balaban J connectivity index is 2.25. The van der Waals surface area contributed by atoms with Crippen molar-refractivity contribution in [1.29, 1.82) is 0 Å². The minimum atomic E-state index is -0.306. The number of carbonyl (C=O) groups excluding carboxylic acids is 1. The zero-order valence-electron chi connectivity index (χ0n) is 8.70. The van der Waals surface area contributed by atoms with Crippen LogP contribution in [0.1, 0.15) is 16.1 Å². The minimum absolute atomic E-state index is 0.290. The molecule has 0 aliphatic heterocycles. The van der Waals surface area contributed by atoms with E-state index in [9.17, 15) is 4.79 Å². The highest BCUT2D eigenvalue weighted by Gasteiger charge is 2.12. The molecule has 2 aromatic rings. The fourth-order valence-electron chi connectivity index (χ4n) is 1.19. The number of rotatable bonds is 2. The summed E-state index contributed by atoms with van der Waals surface area (Å²) in [5.41, 5.74) is 1.84. The number of hydrogen-bond donors (Lipinski definition) is 1. The van der Waals surface area contributed by atoms with Gasteiger partial charge < -0.3 is 5.32 Å². The molecule has 4 nitrogen and oxygen atoms in total. The Hall–Kier alpha value is -0.980. The highest BCUT2D eigenvalue weighted by molar-refractivity contribution is 9.10. The van der Waals surface area contributed by atoms with Gasteiger partial charge in [-0.1, -0.05) is 16.1 Å². The highest BCUT2D eigenvalue weighted by Crippen LogP contribution is 2.29. The largest absolute Gasteiger partial charge is 0.319 e. The van der Waals surface area contributed by atoms with E-state index in [1.54, 1.807) is 11.4 Å². The van der Waals surface area contributed by atoms with E-state index in [4.69, 9.17) is 11.6 Å². The van der Waals surface area contributed by atoms with Gasteiger partial charge in [-0.25, -0.2) is 0 Å². The monoisotopic (exact) mass is 331 g/mol. The lowest BCUT2D eigenvalue weighted by Gasteiger charge is -2.08. The van der Waals surface area contributed by atoms with Gasteiger partial charge in [-0.15, -0.1) is 5.10 Å². The van der Waals surface area contributed by atoms with Crippen LogP contribution in [0.5, 0.6) is 0 Å². The third kappa shape index (κ3) is 2.83. The van der Waals surface area contributed by atoms with E-state index < -0.39 is 0 Å². The number of hydrogen-bond acceptors (Lipinski definition) is 4. The topological polar surface area (TPSA) is 54.9 Å². The van der Waals surface area contributed by atoms with Gasteiger partial charge in [0.25, 0.3) is 5.91 Å². The van der Waals surface area contributed by atoms with Crippen molar-refractivity contribution >= 4 is 50.7 Å². The van der Waals surface area contributed by atoms with Crippen LogP contribution in [-0.2, 0) is 0 Å². The lowest BCUT2D eigenvalue weighted by molar-refractivity contribution is 0.102. The summed E-state index contributed by atoms with van der Waals surface area (Å²) in [6.45, 7) is 1.89. The summed E-state index contributed by atoms with van der Waals surface area (Å²) in [5, 5.41) is 8.58. The van der Waals surface area contributed by atoms with Crippen molar-refractivity contribution in [3.63, 3.8) is 0 Å². The van der Waals surface area contributed by atoms with E-state index in [2.05, 4.69) is 30.8 Å². The first-order valence-corrected chi connectivity index (χ1v) is 6.62. The van der Waals surface area contributed by atoms with Crippen LogP contribution in [-0.4, -0.2) is 15.5 Å². The van der Waals surface area contributed by atoms with Gasteiger partial charge >= 0.3 is 0 Å². The summed E-state index contributed by atoms with van der Waals surface area (Å²) in [7, 11) is 0. The molecule has 0 radical (unpaired) electrons. The minimum Gasteiger partial charge on any atom is -0.319 e. The molecule has 0 saturated heterocycles. The van der Waals surface area contributed by atoms with E-state index in [1.807, 2.05) is 13.0 Å². The van der Waals surface area contributed by atoms with E-state index in [-0.39, 0.29) is 5.91 Å². The second-order valence-corrected chi connectivity index (χ2v) is 5.20. The molecule has 1 aromatic heterocycles. The Bertz CT molecular complexity index is 559. The third-order valence-corrected chi connectivity index (χ3v) is 3.66. The second-order valence-electron chi connectivity index (χ2n) is 3.33. The lowest BCUT2D eigenvalue weighted by atomic mass is 10.2. The van der Waals surface area contributed by atoms with Gasteiger partial charge in [0.05, 0.1) is 5.69 Å². The summed E-state index contributed by atoms with van der Waals surface area (Å²) in [6, 6.07) is 3.54. The molecule has 0 unspecified atom stereocenters. The predicted molar refractivity (Wildman–Crippen MR) is 71.8 cm³/mol. The van der Waals surface area contributed by atoms with Crippen LogP contribution in [0.25, 0.3) is 0 Å². The van der Waals surface area contributed by atoms with Gasteiger partial charge in [0.2, 0.25) is 0 Å². The molecule has 0 fully saturated rings. The molecule has 0 atom stereocenters. The lowest BCUT2D eigenvalue weighted by Crippen LogP contribution is -2.12. The zero-order chi connectivity index (χ0) is 12.4. The first-order chi connectivity index (χ1) is 8.08. The molecule has 17 heavy (non-hydrogen) atoms. The van der Waals surface area contributed by atoms with Crippen molar-refractivity contribution in [3.05, 3.63) is 38.3 Å². The Morgan fingerprint density at radius 2 is 2.29 bits per heavy atom. The van der Waals surface area contributed by atoms with Gasteiger partial charge in [-0.05, 0) is 52.1 Å². The molecule has 88 valence electrons. The standard InChI is InChI=1S/C10H7BrClN3OS/c1-5-2-6(11)8(3-7(5)12)13-10(16)9-4-17-15-14-9/h2-4H,1H3,(H,13,16). The van der Waals surface area contributed by atoms with Gasteiger partial charge in [0.15, 0.2) is 5.69 Å². The first kappa shape index (κ1) is 12.5. The molecule has 7 heteroatoms. The SMILES string of the molecule is Cc1cc(Br)c(NC(=O)c2csnn2)cc1Cl. The Morgan fingerprint density at radius 1 is 1.53 bits per heavy atom. The number of carbonyl (C=O) groups is 1. The summed E-state index contributed by atoms with van der Waals surface area (Å²) < 4.78 is 4.41. The first-order valence-electron chi connectivity index (χ1n) is 4.62. The van der Waals surface area contributed by atoms with Gasteiger partial charge in [-0.3, -0.25) is 4.79 Å². The molecule has 0 aliphatic rings. The Kier molecular flexibility index (Phi) is 3.76. The maximum atomic E-state index is 11.8. The Labute approximate surface area is 115 Å². The molecule has 1 heterocycles. The smallest absolute Gasteiger partial charge is 0.277 e. The fourth-order valence-corrected chi connectivity index (χ4v) is 2.35. The van der Waals surface area contributed by atoms with Crippen LogP contribution < -0.4 is 5.32 Å². The average Bonchev–Trinajstić information content (AvgIpc) is 2.79. The van der Waals surface area contributed by atoms with Crippen molar-refractivity contribution < 1.29 is 4.79 Å². The number of amides is 1. The van der Waals surface area contributed by atoms with Crippen LogP contribution >= 0.6 is 39.1 Å². The highest BCUT2D eigenvalue weighted by atomic mass is 79.9. The van der Waals surface area contributed by atoms with Gasteiger partial charge in [-0.2, -0.15) is 0 Å². The van der Waals surface area contributed by atoms with Gasteiger partial charge in [0, 0.05) is 14.9 Å². The number of nitrogens with one attached hydrogen (secondary N) is 1. The number of aryl methyl sites for hydroxylation is 1. The summed E-state index contributed by atoms with van der Waals surface area (Å²) in [4.78, 5) is 11.8. The molecule has 2 rings (SSSR count). The molecule has 0 spiro atoms. The molecule has 0 aliphatic carbocycles. The maximum Gasteiger partial charge on any atom is 0.277 e. The van der Waals surface area contributed by atoms with Crippen LogP contribution in [0.4, 0.5) is 5.69 Å². The second kappa shape index (κ2) is 5.12. The third-order valence-electron chi connectivity index (χ3n) is 2.09.